The van der Waals surface area contributed by atoms with Crippen LogP contribution < -0.4 is 0 Å². The van der Waals surface area contributed by atoms with Crippen LogP contribution in [0.15, 0.2) is 0 Å². The van der Waals surface area contributed by atoms with Gasteiger partial charge in [0.2, 0.25) is 0 Å². The van der Waals surface area contributed by atoms with Gasteiger partial charge < -0.3 is 9.84 Å². The Hall–Kier alpha value is -0.0151. The first-order valence-corrected chi connectivity index (χ1v) is 3.77. The summed E-state index contributed by atoms with van der Waals surface area (Å²) < 4.78 is 5.29. The molecule has 2 radical (unpaired) electrons. The summed E-state index contributed by atoms with van der Waals surface area (Å²) in [6.07, 6.45) is 2.56. The molecule has 56 valence electrons. The molecule has 1 rings (SSSR count). The topological polar surface area (TPSA) is 29.5 Å². The molecule has 0 aromatic heterocycles. The summed E-state index contributed by atoms with van der Waals surface area (Å²) in [4.78, 5) is 0. The fourth-order valence-electron chi connectivity index (χ4n) is 1.29. The summed E-state index contributed by atoms with van der Waals surface area (Å²) >= 11 is 0. The van der Waals surface area contributed by atoms with Gasteiger partial charge in [-0.05, 0) is 26.2 Å². The molecule has 1 aliphatic rings. The maximum absolute atomic E-state index is 8.98. The van der Waals surface area contributed by atoms with Crippen molar-refractivity contribution in [3.8, 4) is 0 Å². The molecule has 3 atom stereocenters. The molecule has 3 unspecified atom stereocenters. The van der Waals surface area contributed by atoms with Crippen LogP contribution >= 0.6 is 0 Å². The van der Waals surface area contributed by atoms with Gasteiger partial charge in [-0.2, -0.15) is 0 Å². The Balaban J connectivity index is 2.18. The van der Waals surface area contributed by atoms with E-state index in [0.717, 1.165) is 12.8 Å². The lowest BCUT2D eigenvalue weighted by Gasteiger charge is -2.12. The molecule has 1 aliphatic heterocycles. The van der Waals surface area contributed by atoms with Gasteiger partial charge in [0, 0.05) is 6.00 Å². The molecular formula is C7H13BO2. The van der Waals surface area contributed by atoms with Crippen molar-refractivity contribution in [2.24, 2.45) is 0 Å². The molecule has 3 heteroatoms. The van der Waals surface area contributed by atoms with Gasteiger partial charge in [0.15, 0.2) is 0 Å². The van der Waals surface area contributed by atoms with Gasteiger partial charge in [-0.1, -0.05) is 0 Å². The standard InChI is InChI=1S/C7H13BO2/c1-5(9)4-6-2-3-7(8)10-6/h5-7,9H,2-4H2,1H3. The molecule has 0 aliphatic carbocycles. The first-order chi connectivity index (χ1) is 4.68. The lowest BCUT2D eigenvalue weighted by atomic mass is 9.97. The summed E-state index contributed by atoms with van der Waals surface area (Å²) in [5.41, 5.74) is 0. The maximum atomic E-state index is 8.98. The predicted octanol–water partition coefficient (Wildman–Crippen LogP) is 0.431. The van der Waals surface area contributed by atoms with E-state index in [-0.39, 0.29) is 18.2 Å². The minimum Gasteiger partial charge on any atom is -0.393 e. The van der Waals surface area contributed by atoms with Gasteiger partial charge in [-0.3, -0.25) is 0 Å². The third-order valence-corrected chi connectivity index (χ3v) is 1.74. The first-order valence-electron chi connectivity index (χ1n) is 3.77. The second kappa shape index (κ2) is 3.40. The Morgan fingerprint density at radius 3 is 2.80 bits per heavy atom. The van der Waals surface area contributed by atoms with Crippen molar-refractivity contribution in [2.75, 3.05) is 0 Å². The SMILES string of the molecule is [B]C1CCC(CC(C)O)O1. The Morgan fingerprint density at radius 2 is 2.40 bits per heavy atom. The van der Waals surface area contributed by atoms with Crippen molar-refractivity contribution in [3.05, 3.63) is 0 Å². The average molecular weight is 140 g/mol. The van der Waals surface area contributed by atoms with Gasteiger partial charge in [0.25, 0.3) is 0 Å². The molecule has 10 heavy (non-hydrogen) atoms. The van der Waals surface area contributed by atoms with Crippen molar-refractivity contribution in [3.63, 3.8) is 0 Å². The quantitative estimate of drug-likeness (QED) is 0.563. The van der Waals surface area contributed by atoms with E-state index in [9.17, 15) is 0 Å². The van der Waals surface area contributed by atoms with Crippen LogP contribution in [0.25, 0.3) is 0 Å². The van der Waals surface area contributed by atoms with Crippen molar-refractivity contribution in [2.45, 2.75) is 44.4 Å². The second-order valence-electron chi connectivity index (χ2n) is 2.96. The predicted molar refractivity (Wildman–Crippen MR) is 39.9 cm³/mol. The van der Waals surface area contributed by atoms with Crippen molar-refractivity contribution in [1.82, 2.24) is 0 Å². The highest BCUT2D eigenvalue weighted by Gasteiger charge is 2.22. The highest BCUT2D eigenvalue weighted by Crippen LogP contribution is 2.20. The van der Waals surface area contributed by atoms with E-state index in [1.807, 2.05) is 0 Å². The van der Waals surface area contributed by atoms with Crippen LogP contribution in [0.1, 0.15) is 26.2 Å². The number of hydrogen-bond acceptors (Lipinski definition) is 2. The Bertz CT molecular complexity index is 106. The molecule has 1 heterocycles. The summed E-state index contributed by atoms with van der Waals surface area (Å²) in [6, 6.07) is -0.0938. The minimum absolute atomic E-state index is 0.0938. The van der Waals surface area contributed by atoms with Gasteiger partial charge in [-0.15, -0.1) is 0 Å². The minimum atomic E-state index is -0.268. The van der Waals surface area contributed by atoms with Crippen LogP contribution in [0.5, 0.6) is 0 Å². The van der Waals surface area contributed by atoms with E-state index in [0.29, 0.717) is 6.42 Å². The normalized spacial score (nSPS) is 36.2. The third kappa shape index (κ3) is 2.31. The van der Waals surface area contributed by atoms with Crippen molar-refractivity contribution < 1.29 is 9.84 Å². The van der Waals surface area contributed by atoms with Crippen LogP contribution in [-0.2, 0) is 4.74 Å². The van der Waals surface area contributed by atoms with E-state index in [2.05, 4.69) is 0 Å². The fraction of sp³-hybridized carbons (Fsp3) is 1.00. The molecule has 0 bridgehead atoms. The molecule has 0 amide bonds. The van der Waals surface area contributed by atoms with E-state index in [4.69, 9.17) is 17.7 Å². The second-order valence-corrected chi connectivity index (χ2v) is 2.96. The molecule has 1 fully saturated rings. The van der Waals surface area contributed by atoms with Gasteiger partial charge in [-0.25, -0.2) is 0 Å². The third-order valence-electron chi connectivity index (χ3n) is 1.74. The number of rotatable bonds is 2. The molecule has 0 saturated carbocycles. The molecule has 0 spiro atoms. The maximum Gasteiger partial charge on any atom is 0.109 e. The zero-order chi connectivity index (χ0) is 7.56. The summed E-state index contributed by atoms with van der Waals surface area (Å²) in [5, 5.41) is 8.98. The first kappa shape index (κ1) is 8.09. The zero-order valence-corrected chi connectivity index (χ0v) is 6.29. The fourth-order valence-corrected chi connectivity index (χ4v) is 1.29. The molecule has 1 N–H and O–H groups in total. The molecule has 1 saturated heterocycles. The van der Waals surface area contributed by atoms with E-state index in [1.165, 1.54) is 0 Å². The summed E-state index contributed by atoms with van der Waals surface area (Å²) in [6.45, 7) is 1.77. The van der Waals surface area contributed by atoms with Crippen LogP contribution in [0.4, 0.5) is 0 Å². The summed E-state index contributed by atoms with van der Waals surface area (Å²) in [5.74, 6) is 0. The highest BCUT2D eigenvalue weighted by molar-refractivity contribution is 6.11. The molecule has 0 aromatic carbocycles. The number of aliphatic hydroxyl groups is 1. The largest absolute Gasteiger partial charge is 0.393 e. The van der Waals surface area contributed by atoms with Crippen molar-refractivity contribution in [1.29, 1.82) is 0 Å². The number of aliphatic hydroxyl groups excluding tert-OH is 1. The highest BCUT2D eigenvalue weighted by atomic mass is 16.5. The lowest BCUT2D eigenvalue weighted by molar-refractivity contribution is 0.0462. The Kier molecular flexibility index (Phi) is 2.75. The Morgan fingerprint density at radius 1 is 1.70 bits per heavy atom. The molecular weight excluding hydrogens is 127 g/mol. The van der Waals surface area contributed by atoms with Crippen LogP contribution in [0, 0.1) is 0 Å². The van der Waals surface area contributed by atoms with Crippen molar-refractivity contribution >= 4 is 7.85 Å². The Labute approximate surface area is 63.0 Å². The van der Waals surface area contributed by atoms with E-state index < -0.39 is 0 Å². The molecule has 2 nitrogen and oxygen atoms in total. The summed E-state index contributed by atoms with van der Waals surface area (Å²) in [7, 11) is 5.50. The lowest BCUT2D eigenvalue weighted by Crippen LogP contribution is -2.16. The molecule has 0 aromatic rings. The number of ether oxygens (including phenoxy) is 1. The van der Waals surface area contributed by atoms with Crippen LogP contribution in [0.3, 0.4) is 0 Å². The zero-order valence-electron chi connectivity index (χ0n) is 6.29. The van der Waals surface area contributed by atoms with Crippen LogP contribution in [-0.4, -0.2) is 31.2 Å². The van der Waals surface area contributed by atoms with Crippen LogP contribution in [0.2, 0.25) is 0 Å². The van der Waals surface area contributed by atoms with Gasteiger partial charge in [0.05, 0.1) is 12.2 Å². The van der Waals surface area contributed by atoms with E-state index >= 15 is 0 Å². The smallest absolute Gasteiger partial charge is 0.109 e. The van der Waals surface area contributed by atoms with Gasteiger partial charge >= 0.3 is 0 Å². The number of hydrogen-bond donors (Lipinski definition) is 1. The van der Waals surface area contributed by atoms with E-state index in [1.54, 1.807) is 6.92 Å². The monoisotopic (exact) mass is 140 g/mol. The van der Waals surface area contributed by atoms with Gasteiger partial charge in [0.1, 0.15) is 7.85 Å². The average Bonchev–Trinajstić information content (AvgIpc) is 2.13.